The van der Waals surface area contributed by atoms with E-state index in [0.29, 0.717) is 6.54 Å². The van der Waals surface area contributed by atoms with Gasteiger partial charge >= 0.3 is 0 Å². The third-order valence-corrected chi connectivity index (χ3v) is 4.98. The van der Waals surface area contributed by atoms with Gasteiger partial charge in [0.2, 0.25) is 5.91 Å². The lowest BCUT2D eigenvalue weighted by molar-refractivity contribution is -0.138. The second kappa shape index (κ2) is 10.4. The quantitative estimate of drug-likeness (QED) is 0.305. The van der Waals surface area contributed by atoms with Crippen LogP contribution in [0.3, 0.4) is 0 Å². The zero-order valence-electron chi connectivity index (χ0n) is 16.1. The fraction of sp³-hybridized carbons (Fsp3) is 0.789. The smallest absolute Gasteiger partial charge is 0.230 e. The number of unbranched alkanes of at least 4 members (excludes halogenated alkanes) is 3. The lowest BCUT2D eigenvalue weighted by Gasteiger charge is -2.32. The average Bonchev–Trinajstić information content (AvgIpc) is 3.04. The first-order valence-electron chi connectivity index (χ1n) is 9.21. The zero-order valence-corrected chi connectivity index (χ0v) is 16.1. The Morgan fingerprint density at radius 2 is 1.88 bits per heavy atom. The second-order valence-corrected chi connectivity index (χ2v) is 7.15. The van der Waals surface area contributed by atoms with E-state index < -0.39 is 0 Å². The van der Waals surface area contributed by atoms with Gasteiger partial charge < -0.3 is 15.1 Å². The Hall–Kier alpha value is -1.52. The summed E-state index contributed by atoms with van der Waals surface area (Å²) >= 11 is 0. The van der Waals surface area contributed by atoms with Gasteiger partial charge in [0.1, 0.15) is 0 Å². The number of allylic oxidation sites excluding steroid dienone is 1. The first kappa shape index (κ1) is 20.5. The van der Waals surface area contributed by atoms with Gasteiger partial charge in [-0.3, -0.25) is 9.79 Å². The molecule has 0 aromatic rings. The largest absolute Gasteiger partial charge is 0.355 e. The summed E-state index contributed by atoms with van der Waals surface area (Å²) in [6, 6.07) is 0. The first-order valence-corrected chi connectivity index (χ1v) is 9.21. The van der Waals surface area contributed by atoms with Gasteiger partial charge in [0.15, 0.2) is 5.96 Å². The number of rotatable bonds is 9. The lowest BCUT2D eigenvalue weighted by Crippen LogP contribution is -2.49. The van der Waals surface area contributed by atoms with Gasteiger partial charge in [-0.1, -0.05) is 25.3 Å². The minimum absolute atomic E-state index is 0.245. The molecule has 0 saturated heterocycles. The molecule has 0 heterocycles. The minimum Gasteiger partial charge on any atom is -0.355 e. The molecule has 138 valence electrons. The van der Waals surface area contributed by atoms with Crippen LogP contribution < -0.4 is 5.32 Å². The van der Waals surface area contributed by atoms with E-state index in [-0.39, 0.29) is 11.3 Å². The van der Waals surface area contributed by atoms with Crippen LogP contribution in [0.5, 0.6) is 0 Å². The third-order valence-electron chi connectivity index (χ3n) is 4.98. The number of aliphatic imine (C=N–C) groups is 1. The highest BCUT2D eigenvalue weighted by Gasteiger charge is 2.42. The Bertz CT molecular complexity index is 425. The molecule has 5 heteroatoms. The van der Waals surface area contributed by atoms with Crippen molar-refractivity contribution in [3.8, 4) is 0 Å². The van der Waals surface area contributed by atoms with E-state index in [2.05, 4.69) is 28.8 Å². The van der Waals surface area contributed by atoms with E-state index in [4.69, 9.17) is 0 Å². The summed E-state index contributed by atoms with van der Waals surface area (Å²) in [7, 11) is 7.59. The molecule has 0 aromatic heterocycles. The number of carbonyl (C=O) groups excluding carboxylic acids is 1. The van der Waals surface area contributed by atoms with Crippen LogP contribution in [-0.2, 0) is 4.79 Å². The summed E-state index contributed by atoms with van der Waals surface area (Å²) in [4.78, 5) is 20.9. The molecular formula is C19H36N4O. The normalized spacial score (nSPS) is 16.8. The van der Waals surface area contributed by atoms with E-state index in [9.17, 15) is 4.79 Å². The van der Waals surface area contributed by atoms with E-state index >= 15 is 0 Å². The SMILES string of the molecule is C=CCCCCCN(C)C(=NC)NCC1(C(=O)N(C)C)CCCC1. The molecule has 1 rings (SSSR count). The zero-order chi connectivity index (χ0) is 18.0. The molecule has 0 radical (unpaired) electrons. The number of guanidine groups is 1. The van der Waals surface area contributed by atoms with Gasteiger partial charge in [-0.05, 0) is 32.1 Å². The summed E-state index contributed by atoms with van der Waals surface area (Å²) in [5, 5.41) is 3.45. The van der Waals surface area contributed by atoms with Crippen LogP contribution in [0, 0.1) is 5.41 Å². The molecule has 0 aromatic carbocycles. The third kappa shape index (κ3) is 5.84. The van der Waals surface area contributed by atoms with Crippen LogP contribution in [0.2, 0.25) is 0 Å². The Morgan fingerprint density at radius 1 is 1.21 bits per heavy atom. The average molecular weight is 337 g/mol. The molecule has 0 bridgehead atoms. The van der Waals surface area contributed by atoms with Crippen molar-refractivity contribution in [1.82, 2.24) is 15.1 Å². The highest BCUT2D eigenvalue weighted by atomic mass is 16.2. The Labute approximate surface area is 148 Å². The fourth-order valence-corrected chi connectivity index (χ4v) is 3.55. The molecule has 1 aliphatic carbocycles. The van der Waals surface area contributed by atoms with Crippen molar-refractivity contribution >= 4 is 11.9 Å². The molecule has 1 aliphatic rings. The maximum Gasteiger partial charge on any atom is 0.230 e. The molecular weight excluding hydrogens is 300 g/mol. The van der Waals surface area contributed by atoms with Crippen molar-refractivity contribution in [3.05, 3.63) is 12.7 Å². The molecule has 1 N–H and O–H groups in total. The Kier molecular flexibility index (Phi) is 8.87. The van der Waals surface area contributed by atoms with Crippen molar-refractivity contribution in [2.45, 2.75) is 51.4 Å². The van der Waals surface area contributed by atoms with Crippen molar-refractivity contribution in [3.63, 3.8) is 0 Å². The molecule has 0 atom stereocenters. The van der Waals surface area contributed by atoms with Crippen molar-refractivity contribution < 1.29 is 4.79 Å². The van der Waals surface area contributed by atoms with Gasteiger partial charge in [-0.2, -0.15) is 0 Å². The maximum absolute atomic E-state index is 12.6. The van der Waals surface area contributed by atoms with Gasteiger partial charge in [0.05, 0.1) is 5.41 Å². The van der Waals surface area contributed by atoms with Crippen LogP contribution in [0.4, 0.5) is 0 Å². The minimum atomic E-state index is -0.260. The van der Waals surface area contributed by atoms with Crippen LogP contribution in [0.1, 0.15) is 51.4 Å². The summed E-state index contributed by atoms with van der Waals surface area (Å²) in [6.45, 7) is 5.42. The van der Waals surface area contributed by atoms with E-state index in [0.717, 1.165) is 51.0 Å². The van der Waals surface area contributed by atoms with Crippen LogP contribution in [0.15, 0.2) is 17.6 Å². The molecule has 0 unspecified atom stereocenters. The number of amides is 1. The molecule has 5 nitrogen and oxygen atoms in total. The predicted molar refractivity (Wildman–Crippen MR) is 102 cm³/mol. The monoisotopic (exact) mass is 336 g/mol. The van der Waals surface area contributed by atoms with Gasteiger partial charge in [-0.15, -0.1) is 6.58 Å². The topological polar surface area (TPSA) is 47.9 Å². The van der Waals surface area contributed by atoms with Crippen molar-refractivity contribution in [2.24, 2.45) is 10.4 Å². The highest BCUT2D eigenvalue weighted by molar-refractivity contribution is 5.85. The van der Waals surface area contributed by atoms with Gasteiger partial charge in [0.25, 0.3) is 0 Å². The van der Waals surface area contributed by atoms with E-state index in [1.807, 2.05) is 27.2 Å². The Balaban J connectivity index is 2.51. The number of hydrogen-bond acceptors (Lipinski definition) is 2. The molecule has 0 aliphatic heterocycles. The summed E-state index contributed by atoms with van der Waals surface area (Å²) in [6.07, 6.45) is 10.8. The predicted octanol–water partition coefficient (Wildman–Crippen LogP) is 2.89. The molecule has 1 amide bonds. The van der Waals surface area contributed by atoms with E-state index in [1.165, 1.54) is 12.8 Å². The van der Waals surface area contributed by atoms with Crippen LogP contribution >= 0.6 is 0 Å². The Morgan fingerprint density at radius 3 is 2.42 bits per heavy atom. The summed E-state index contributed by atoms with van der Waals surface area (Å²) < 4.78 is 0. The van der Waals surface area contributed by atoms with Crippen molar-refractivity contribution in [2.75, 3.05) is 41.3 Å². The number of nitrogens with zero attached hydrogens (tertiary/aromatic N) is 3. The second-order valence-electron chi connectivity index (χ2n) is 7.15. The molecule has 0 spiro atoms. The molecule has 1 fully saturated rings. The molecule has 24 heavy (non-hydrogen) atoms. The van der Waals surface area contributed by atoms with Crippen molar-refractivity contribution in [1.29, 1.82) is 0 Å². The van der Waals surface area contributed by atoms with Crippen LogP contribution in [0.25, 0.3) is 0 Å². The van der Waals surface area contributed by atoms with Gasteiger partial charge in [-0.25, -0.2) is 0 Å². The highest BCUT2D eigenvalue weighted by Crippen LogP contribution is 2.38. The van der Waals surface area contributed by atoms with E-state index in [1.54, 1.807) is 4.90 Å². The number of hydrogen-bond donors (Lipinski definition) is 1. The molecule has 1 saturated carbocycles. The lowest BCUT2D eigenvalue weighted by atomic mass is 9.84. The first-order chi connectivity index (χ1) is 11.5. The fourth-order valence-electron chi connectivity index (χ4n) is 3.55. The summed E-state index contributed by atoms with van der Waals surface area (Å²) in [5.41, 5.74) is -0.260. The summed E-state index contributed by atoms with van der Waals surface area (Å²) in [5.74, 6) is 1.13. The van der Waals surface area contributed by atoms with Crippen LogP contribution in [-0.4, -0.2) is 62.9 Å². The number of nitrogens with one attached hydrogen (secondary N) is 1. The maximum atomic E-state index is 12.6. The van der Waals surface area contributed by atoms with Gasteiger partial charge in [0, 0.05) is 41.3 Å². The number of carbonyl (C=O) groups is 1. The standard InChI is InChI=1S/C19H36N4O/c1-6-7-8-9-12-15-23(5)18(20-2)21-16-19(13-10-11-14-19)17(24)22(3)4/h6H,1,7-16H2,2-5H3,(H,20,21).